The van der Waals surface area contributed by atoms with E-state index in [2.05, 4.69) is 27.6 Å². The van der Waals surface area contributed by atoms with Crippen LogP contribution in [0.4, 0.5) is 11.8 Å². The summed E-state index contributed by atoms with van der Waals surface area (Å²) in [4.78, 5) is 8.26. The van der Waals surface area contributed by atoms with Gasteiger partial charge in [0.15, 0.2) is 5.82 Å². The number of halogens is 1. The molecule has 104 valence electrons. The Bertz CT molecular complexity index is 466. The van der Waals surface area contributed by atoms with Gasteiger partial charge in [-0.15, -0.1) is 0 Å². The zero-order valence-corrected chi connectivity index (χ0v) is 11.8. The lowest BCUT2D eigenvalue weighted by Crippen LogP contribution is -2.30. The maximum atomic E-state index is 6.13. The maximum absolute atomic E-state index is 6.13. The minimum atomic E-state index is 0.382. The topological polar surface area (TPSA) is 75.9 Å². The number of hydrogen-bond acceptors (Lipinski definition) is 5. The van der Waals surface area contributed by atoms with Crippen molar-refractivity contribution in [3.63, 3.8) is 0 Å². The van der Waals surface area contributed by atoms with Gasteiger partial charge < -0.3 is 5.32 Å². The number of nitrogens with two attached hydrogens (primary N) is 1. The summed E-state index contributed by atoms with van der Waals surface area (Å²) in [5.74, 6) is 8.93. The highest BCUT2D eigenvalue weighted by Crippen LogP contribution is 2.49. The molecule has 0 spiro atoms. The van der Waals surface area contributed by atoms with Crippen molar-refractivity contribution in [2.45, 2.75) is 38.6 Å². The first kappa shape index (κ1) is 12.9. The van der Waals surface area contributed by atoms with Gasteiger partial charge in [0.2, 0.25) is 5.95 Å². The normalized spacial score (nSPS) is 30.4. The molecule has 2 aliphatic rings. The molecule has 0 radical (unpaired) electrons. The summed E-state index contributed by atoms with van der Waals surface area (Å²) in [6.45, 7) is 2.22. The van der Waals surface area contributed by atoms with Crippen LogP contribution in [-0.4, -0.2) is 16.0 Å². The SMILES string of the molecule is CC(Nc1nc(NN)ncc1Cl)C1CC2CCC1C2. The van der Waals surface area contributed by atoms with E-state index in [1.54, 1.807) is 6.20 Å². The van der Waals surface area contributed by atoms with Gasteiger partial charge in [0.1, 0.15) is 5.02 Å². The summed E-state index contributed by atoms with van der Waals surface area (Å²) in [6.07, 6.45) is 7.12. The fraction of sp³-hybridized carbons (Fsp3) is 0.692. The zero-order valence-electron chi connectivity index (χ0n) is 11.1. The number of nitrogens with zero attached hydrogens (tertiary/aromatic N) is 2. The lowest BCUT2D eigenvalue weighted by Gasteiger charge is -2.29. The minimum absolute atomic E-state index is 0.382. The van der Waals surface area contributed by atoms with Crippen LogP contribution < -0.4 is 16.6 Å². The van der Waals surface area contributed by atoms with Crippen LogP contribution in [-0.2, 0) is 0 Å². The Labute approximate surface area is 118 Å². The molecule has 5 nitrogen and oxygen atoms in total. The second kappa shape index (κ2) is 5.13. The zero-order chi connectivity index (χ0) is 13.4. The molecule has 2 saturated carbocycles. The summed E-state index contributed by atoms with van der Waals surface area (Å²) < 4.78 is 0. The number of rotatable bonds is 4. The fourth-order valence-electron chi connectivity index (χ4n) is 3.77. The third kappa shape index (κ3) is 2.49. The average Bonchev–Trinajstić information content (AvgIpc) is 3.03. The van der Waals surface area contributed by atoms with Gasteiger partial charge in [-0.2, -0.15) is 4.98 Å². The van der Waals surface area contributed by atoms with Crippen LogP contribution in [0.2, 0.25) is 5.02 Å². The minimum Gasteiger partial charge on any atom is -0.366 e. The Balaban J connectivity index is 1.70. The highest BCUT2D eigenvalue weighted by atomic mass is 35.5. The summed E-state index contributed by atoms with van der Waals surface area (Å²) in [6, 6.07) is 0.383. The van der Waals surface area contributed by atoms with Crippen LogP contribution in [0.15, 0.2) is 6.20 Å². The van der Waals surface area contributed by atoms with Crippen molar-refractivity contribution in [3.8, 4) is 0 Å². The molecule has 4 N–H and O–H groups in total. The number of aromatic nitrogens is 2. The van der Waals surface area contributed by atoms with Crippen molar-refractivity contribution in [2.24, 2.45) is 23.6 Å². The lowest BCUT2D eigenvalue weighted by molar-refractivity contribution is 0.304. The first-order valence-electron chi connectivity index (χ1n) is 6.93. The molecule has 1 aromatic rings. The molecule has 0 amide bonds. The Hall–Kier alpha value is -1.07. The maximum Gasteiger partial charge on any atom is 0.239 e. The summed E-state index contributed by atoms with van der Waals surface area (Å²) >= 11 is 6.13. The van der Waals surface area contributed by atoms with Crippen molar-refractivity contribution < 1.29 is 0 Å². The number of nitrogen functional groups attached to an aromatic ring is 1. The van der Waals surface area contributed by atoms with E-state index in [0.29, 0.717) is 22.8 Å². The van der Waals surface area contributed by atoms with Crippen LogP contribution >= 0.6 is 11.6 Å². The van der Waals surface area contributed by atoms with Gasteiger partial charge in [-0.25, -0.2) is 10.8 Å². The van der Waals surface area contributed by atoms with Gasteiger partial charge in [-0.3, -0.25) is 5.43 Å². The van der Waals surface area contributed by atoms with Crippen molar-refractivity contribution >= 4 is 23.4 Å². The van der Waals surface area contributed by atoms with Gasteiger partial charge in [0.25, 0.3) is 0 Å². The molecule has 1 aromatic heterocycles. The molecule has 6 heteroatoms. The van der Waals surface area contributed by atoms with E-state index >= 15 is 0 Å². The quantitative estimate of drug-likeness (QED) is 0.584. The molecule has 0 aliphatic heterocycles. The van der Waals surface area contributed by atoms with Crippen molar-refractivity contribution in [2.75, 3.05) is 10.7 Å². The Morgan fingerprint density at radius 2 is 2.26 bits per heavy atom. The van der Waals surface area contributed by atoms with Crippen LogP contribution in [0.3, 0.4) is 0 Å². The van der Waals surface area contributed by atoms with Crippen LogP contribution in [0.5, 0.6) is 0 Å². The molecular formula is C13H20ClN5. The molecular weight excluding hydrogens is 262 g/mol. The lowest BCUT2D eigenvalue weighted by atomic mass is 9.84. The van der Waals surface area contributed by atoms with E-state index in [1.807, 2.05) is 0 Å². The van der Waals surface area contributed by atoms with E-state index < -0.39 is 0 Å². The van der Waals surface area contributed by atoms with E-state index in [9.17, 15) is 0 Å². The predicted molar refractivity (Wildman–Crippen MR) is 76.9 cm³/mol. The number of nitrogens with one attached hydrogen (secondary N) is 2. The van der Waals surface area contributed by atoms with E-state index in [0.717, 1.165) is 17.8 Å². The summed E-state index contributed by atoms with van der Waals surface area (Å²) in [5, 5.41) is 3.97. The smallest absolute Gasteiger partial charge is 0.239 e. The first-order chi connectivity index (χ1) is 9.17. The molecule has 2 aliphatic carbocycles. The van der Waals surface area contributed by atoms with Crippen molar-refractivity contribution in [3.05, 3.63) is 11.2 Å². The molecule has 2 bridgehead atoms. The van der Waals surface area contributed by atoms with Crippen molar-refractivity contribution in [1.82, 2.24) is 9.97 Å². The molecule has 1 heterocycles. The molecule has 19 heavy (non-hydrogen) atoms. The highest BCUT2D eigenvalue weighted by Gasteiger charge is 2.41. The van der Waals surface area contributed by atoms with Gasteiger partial charge in [0, 0.05) is 6.04 Å². The van der Waals surface area contributed by atoms with Gasteiger partial charge in [0.05, 0.1) is 6.20 Å². The predicted octanol–water partition coefficient (Wildman–Crippen LogP) is 2.65. The van der Waals surface area contributed by atoms with Crippen molar-refractivity contribution in [1.29, 1.82) is 0 Å². The number of hydrazine groups is 1. The van der Waals surface area contributed by atoms with Gasteiger partial charge in [-0.05, 0) is 43.9 Å². The standard InChI is InChI=1S/C13H20ClN5/c1-7(10-5-8-2-3-9(10)4-8)17-12-11(14)6-16-13(18-12)19-15/h6-10H,2-5,15H2,1H3,(H2,16,17,18,19). The third-order valence-corrected chi connectivity index (χ3v) is 4.95. The summed E-state index contributed by atoms with van der Waals surface area (Å²) in [7, 11) is 0. The molecule has 2 fully saturated rings. The second-order valence-electron chi connectivity index (χ2n) is 5.81. The van der Waals surface area contributed by atoms with Crippen LogP contribution in [0, 0.1) is 17.8 Å². The molecule has 4 atom stereocenters. The average molecular weight is 282 g/mol. The summed E-state index contributed by atoms with van der Waals surface area (Å²) in [5.41, 5.74) is 2.44. The van der Waals surface area contributed by atoms with Gasteiger partial charge >= 0.3 is 0 Å². The third-order valence-electron chi connectivity index (χ3n) is 4.67. The van der Waals surface area contributed by atoms with Crippen LogP contribution in [0.1, 0.15) is 32.6 Å². The molecule has 4 unspecified atom stereocenters. The highest BCUT2D eigenvalue weighted by molar-refractivity contribution is 6.32. The fourth-order valence-corrected chi connectivity index (χ4v) is 3.91. The van der Waals surface area contributed by atoms with E-state index in [-0.39, 0.29) is 0 Å². The van der Waals surface area contributed by atoms with E-state index in [1.165, 1.54) is 25.7 Å². The number of hydrogen-bond donors (Lipinski definition) is 3. The first-order valence-corrected chi connectivity index (χ1v) is 7.31. The largest absolute Gasteiger partial charge is 0.366 e. The number of anilines is 2. The van der Waals surface area contributed by atoms with Gasteiger partial charge in [-0.1, -0.05) is 18.0 Å². The number of fused-ring (bicyclic) bond motifs is 2. The molecule has 0 aromatic carbocycles. The second-order valence-corrected chi connectivity index (χ2v) is 6.21. The van der Waals surface area contributed by atoms with Crippen LogP contribution in [0.25, 0.3) is 0 Å². The molecule has 0 saturated heterocycles. The Morgan fingerprint density at radius 3 is 2.89 bits per heavy atom. The Morgan fingerprint density at radius 1 is 1.42 bits per heavy atom. The monoisotopic (exact) mass is 281 g/mol. The van der Waals surface area contributed by atoms with E-state index in [4.69, 9.17) is 17.4 Å². The Kier molecular flexibility index (Phi) is 3.50. The molecule has 3 rings (SSSR count).